The minimum Gasteiger partial charge on any atom is -0.470 e. The number of thiophene rings is 6. The number of hydrogen-bond donors (Lipinski definition) is 0. The van der Waals surface area contributed by atoms with Crippen molar-refractivity contribution in [2.75, 3.05) is 0 Å². The van der Waals surface area contributed by atoms with Crippen molar-refractivity contribution in [1.29, 1.82) is 21.0 Å². The molecule has 0 spiro atoms. The lowest BCUT2D eigenvalue weighted by atomic mass is 9.78. The van der Waals surface area contributed by atoms with Crippen LogP contribution in [0.15, 0.2) is 156 Å². The molecule has 0 saturated heterocycles. The normalized spacial score (nSPS) is 14.9. The third-order valence-electron chi connectivity index (χ3n) is 22.2. The molecule has 8 heterocycles. The number of allylic oxidation sites excluding steroid dienone is 6. The first-order valence-electron chi connectivity index (χ1n) is 38.7. The first kappa shape index (κ1) is 77.3. The number of nitrogens with zero attached hydrogens (tertiary/aromatic N) is 4. The van der Waals surface area contributed by atoms with Crippen LogP contribution < -0.4 is 9.47 Å². The Bertz CT molecular complexity index is 5590. The van der Waals surface area contributed by atoms with Crippen molar-refractivity contribution in [3.63, 3.8) is 0 Å². The highest BCUT2D eigenvalue weighted by molar-refractivity contribution is 7.37. The molecule has 0 saturated carbocycles. The second kappa shape index (κ2) is 32.7. The molecule has 16 rings (SSSR count). The third kappa shape index (κ3) is 13.6. The summed E-state index contributed by atoms with van der Waals surface area (Å²) < 4.78 is 22.6. The summed E-state index contributed by atoms with van der Waals surface area (Å²) in [7, 11) is 0. The van der Waals surface area contributed by atoms with Crippen molar-refractivity contribution < 1.29 is 19.1 Å². The molecule has 6 aromatic carbocycles. The van der Waals surface area contributed by atoms with E-state index in [0.29, 0.717) is 11.1 Å². The van der Waals surface area contributed by atoms with E-state index in [1.807, 2.05) is 12.2 Å². The van der Waals surface area contributed by atoms with Gasteiger partial charge in [-0.25, -0.2) is 0 Å². The van der Waals surface area contributed by atoms with E-state index >= 15 is 0 Å². The Hall–Kier alpha value is -8.68. The topological polar surface area (TPSA) is 148 Å². The van der Waals surface area contributed by atoms with Gasteiger partial charge in [-0.05, 0) is 133 Å². The molecule has 560 valence electrons. The molecular weight excluding hydrogens is 1580 g/mol. The summed E-state index contributed by atoms with van der Waals surface area (Å²) in [5.74, 6) is 0.827. The fourth-order valence-corrected chi connectivity index (χ4v) is 25.4. The minimum atomic E-state index is -1.25. The second-order valence-electron chi connectivity index (χ2n) is 29.4. The zero-order chi connectivity index (χ0) is 77.7. The highest BCUT2D eigenvalue weighted by Crippen LogP contribution is 2.69. The van der Waals surface area contributed by atoms with E-state index in [2.05, 4.69) is 161 Å². The average Bonchev–Trinajstić information content (AvgIpc) is 1.50. The van der Waals surface area contributed by atoms with Crippen molar-refractivity contribution in [1.82, 2.24) is 0 Å². The second-order valence-corrected chi connectivity index (χ2v) is 37.4. The molecule has 0 amide bonds. The van der Waals surface area contributed by atoms with Crippen LogP contribution in [0.2, 0.25) is 20.1 Å². The lowest BCUT2D eigenvalue weighted by Gasteiger charge is -2.39. The number of fused-ring (bicyclic) bond motifs is 15. The number of aryl methyl sites for hydroxylation is 4. The van der Waals surface area contributed by atoms with Crippen LogP contribution >= 0.6 is 114 Å². The Morgan fingerprint density at radius 3 is 0.946 bits per heavy atom. The summed E-state index contributed by atoms with van der Waals surface area (Å²) in [6, 6.07) is 55.1. The van der Waals surface area contributed by atoms with Crippen LogP contribution in [0.1, 0.15) is 228 Å². The summed E-state index contributed by atoms with van der Waals surface area (Å²) in [4.78, 5) is 35.1. The lowest BCUT2D eigenvalue weighted by Crippen LogP contribution is -2.38. The molecule has 4 aliphatic rings. The highest BCUT2D eigenvalue weighted by atomic mass is 35.5. The zero-order valence-corrected chi connectivity index (χ0v) is 70.3. The fourth-order valence-electron chi connectivity index (χ4n) is 16.6. The van der Waals surface area contributed by atoms with Crippen LogP contribution in [0.4, 0.5) is 0 Å². The van der Waals surface area contributed by atoms with Gasteiger partial charge in [0.15, 0.2) is 34.3 Å². The molecule has 8 nitrogen and oxygen atoms in total. The molecule has 12 aromatic rings. The molecule has 2 aliphatic heterocycles. The largest absolute Gasteiger partial charge is 0.470 e. The quantitative estimate of drug-likeness (QED) is 0.0296. The van der Waals surface area contributed by atoms with Crippen LogP contribution in [-0.4, -0.2) is 11.6 Å². The van der Waals surface area contributed by atoms with Crippen molar-refractivity contribution in [2.24, 2.45) is 0 Å². The zero-order valence-electron chi connectivity index (χ0n) is 62.4. The number of rotatable bonds is 26. The van der Waals surface area contributed by atoms with Gasteiger partial charge in [0.05, 0.1) is 58.4 Å². The Morgan fingerprint density at radius 2 is 0.661 bits per heavy atom. The Kier molecular flexibility index (Phi) is 22.5. The maximum Gasteiger partial charge on any atom is 0.194 e. The third-order valence-corrected chi connectivity index (χ3v) is 31.2. The molecule has 112 heavy (non-hydrogen) atoms. The van der Waals surface area contributed by atoms with Gasteiger partial charge in [0.2, 0.25) is 0 Å². The minimum absolute atomic E-state index is 0.197. The van der Waals surface area contributed by atoms with Gasteiger partial charge in [-0.1, -0.05) is 248 Å². The summed E-state index contributed by atoms with van der Waals surface area (Å²) in [5.41, 5.74) is 10.2. The van der Waals surface area contributed by atoms with Gasteiger partial charge < -0.3 is 9.47 Å². The maximum absolute atomic E-state index is 14.8. The molecule has 18 heteroatoms. The number of benzene rings is 6. The SMILES string of the molecule is CCCCCCc1ccc(C2(c3ccc(CCCCCC)cc3)Oc3c(sc4c5c(sc34)-c3sc4cc(/C=C6\C(=O)c7cc(Cl)c(Cl)cc7C6=C(C#N)C#N)sc4c3C(c3ccc(CCCCCC)cc3)(c3ccc(CCCCCC)cc3)O5)-c3sc4cc(/C=C5\C(=O)c6cc(Cl)c(Cl)cc6C5=C(C#N)C#N)sc4c32)cc1. The van der Waals surface area contributed by atoms with Crippen molar-refractivity contribution in [2.45, 2.75) is 167 Å². The summed E-state index contributed by atoms with van der Waals surface area (Å²) in [6.07, 6.45) is 25.7. The van der Waals surface area contributed by atoms with Crippen molar-refractivity contribution >= 4 is 177 Å². The van der Waals surface area contributed by atoms with Gasteiger partial charge >= 0.3 is 0 Å². The van der Waals surface area contributed by atoms with E-state index in [-0.39, 0.29) is 76.2 Å². The molecule has 0 unspecified atom stereocenters. The smallest absolute Gasteiger partial charge is 0.194 e. The van der Waals surface area contributed by atoms with E-state index in [1.54, 1.807) is 80.2 Å². The first-order chi connectivity index (χ1) is 54.6. The average molecular weight is 1660 g/mol. The number of carbonyl (C=O) groups is 2. The number of ether oxygens (including phenoxy) is 2. The molecule has 2 aliphatic carbocycles. The predicted molar refractivity (Wildman–Crippen MR) is 469 cm³/mol. The Morgan fingerprint density at radius 1 is 0.366 bits per heavy atom. The van der Waals surface area contributed by atoms with Gasteiger partial charge in [-0.15, -0.1) is 68.0 Å². The van der Waals surface area contributed by atoms with Gasteiger partial charge in [0.25, 0.3) is 0 Å². The summed E-state index contributed by atoms with van der Waals surface area (Å²) in [6.45, 7) is 8.97. The number of unbranched alkanes of at least 4 members (excludes halogenated alkanes) is 12. The standard InChI is InChI=1S/C94H76Cl4N4O4S6/c1-5-9-13-17-21-53-25-33-59(34-26-53)93(60-35-27-54(28-36-60)22-18-14-10-6-2)79-85-75(43-63(107-85)41-69-77(57(49-99)50-100)65-45-71(95)73(97)47-67(65)81(69)103)109-87(79)89-83(105-93)91-92(111-89)84-90(112-91)88-80(86-76(110-88)44-64(108-86)42-70-78(58(51-101)52-102)66-46-72(96)74(98)48-68(66)82(70)104)94(106-84,61-37-29-55(30-38-61)23-19-15-11-7-3)62-39-31-56(32-40-62)24-20-16-12-8-4/h25-48H,5-24H2,1-4H3/b69-41-,70-42-. The first-order valence-corrected chi connectivity index (χ1v) is 45.1. The fraction of sp³-hybridized carbons (Fsp3) is 0.277. The number of Topliss-reactive ketones (excluding diaryl/α,β-unsaturated/α-hetero) is 2. The van der Waals surface area contributed by atoms with Gasteiger partial charge in [-0.2, -0.15) is 21.0 Å². The molecular formula is C94H76Cl4N4O4S6. The number of ketones is 2. The monoisotopic (exact) mass is 1660 g/mol. The van der Waals surface area contributed by atoms with E-state index in [1.165, 1.54) is 60.1 Å². The van der Waals surface area contributed by atoms with Gasteiger partial charge in [0.1, 0.15) is 35.4 Å². The van der Waals surface area contributed by atoms with Crippen LogP contribution in [0.3, 0.4) is 0 Å². The van der Waals surface area contributed by atoms with E-state index in [4.69, 9.17) is 55.9 Å². The molecule has 0 bridgehead atoms. The van der Waals surface area contributed by atoms with E-state index < -0.39 is 11.2 Å². The molecule has 6 aromatic heterocycles. The Labute approximate surface area is 697 Å². The number of hydrogen-bond acceptors (Lipinski definition) is 14. The van der Waals surface area contributed by atoms with Crippen LogP contribution in [0.25, 0.3) is 71.0 Å². The Balaban J connectivity index is 0.936. The summed E-state index contributed by atoms with van der Waals surface area (Å²) in [5, 5.41) is 42.7. The highest BCUT2D eigenvalue weighted by Gasteiger charge is 2.53. The molecule has 0 radical (unpaired) electrons. The number of halogens is 4. The maximum atomic E-state index is 14.8. The molecule has 0 N–H and O–H groups in total. The summed E-state index contributed by atoms with van der Waals surface area (Å²) >= 11 is 36.3. The predicted octanol–water partition coefficient (Wildman–Crippen LogP) is 29.5. The molecule has 0 atom stereocenters. The van der Waals surface area contributed by atoms with Gasteiger partial charge in [-0.3, -0.25) is 9.59 Å². The lowest BCUT2D eigenvalue weighted by molar-refractivity contribution is 0.103. The van der Waals surface area contributed by atoms with Crippen LogP contribution in [-0.2, 0) is 36.9 Å². The number of carbonyl (C=O) groups excluding carboxylic acids is 2. The van der Waals surface area contributed by atoms with Crippen LogP contribution in [0.5, 0.6) is 11.5 Å². The van der Waals surface area contributed by atoms with Crippen molar-refractivity contribution in [3.8, 4) is 55.3 Å². The van der Waals surface area contributed by atoms with E-state index in [0.717, 1.165) is 205 Å². The van der Waals surface area contributed by atoms with E-state index in [9.17, 15) is 30.6 Å². The van der Waals surface area contributed by atoms with Crippen molar-refractivity contribution in [3.05, 3.63) is 263 Å². The van der Waals surface area contributed by atoms with Gasteiger partial charge in [0, 0.05) is 86.0 Å². The molecule has 0 fully saturated rings. The number of nitriles is 4. The van der Waals surface area contributed by atoms with Crippen LogP contribution in [0, 0.1) is 45.3 Å².